The average Bonchev–Trinajstić information content (AvgIpc) is 3.31. The van der Waals surface area contributed by atoms with Crippen LogP contribution in [-0.2, 0) is 16.0 Å². The summed E-state index contributed by atoms with van der Waals surface area (Å²) in [6.45, 7) is 4.18. The van der Waals surface area contributed by atoms with Crippen molar-refractivity contribution in [2.24, 2.45) is 0 Å². The molecule has 0 fully saturated rings. The number of rotatable bonds is 9. The molecule has 1 aliphatic heterocycles. The Balaban J connectivity index is 1.46. The maximum atomic E-state index is 13.1. The third-order valence-corrected chi connectivity index (χ3v) is 6.61. The molecule has 0 saturated carbocycles. The van der Waals surface area contributed by atoms with E-state index in [-0.39, 0.29) is 18.4 Å². The zero-order valence-electron chi connectivity index (χ0n) is 20.3. The van der Waals surface area contributed by atoms with Crippen molar-refractivity contribution in [2.45, 2.75) is 32.8 Å². The molecular weight excluding hydrogens is 466 g/mol. The number of anilines is 1. The van der Waals surface area contributed by atoms with E-state index in [1.807, 2.05) is 55.6 Å². The van der Waals surface area contributed by atoms with Crippen LogP contribution in [0.2, 0.25) is 0 Å². The molecule has 8 nitrogen and oxygen atoms in total. The van der Waals surface area contributed by atoms with E-state index in [1.165, 1.54) is 4.90 Å². The van der Waals surface area contributed by atoms with Gasteiger partial charge in [0.15, 0.2) is 17.6 Å². The largest absolute Gasteiger partial charge is 0.493 e. The van der Waals surface area contributed by atoms with Crippen LogP contribution in [0.4, 0.5) is 5.69 Å². The SMILES string of the molecule is CCC1Oc2ccc(-c3csc(C)n3)cc2N(CC(=O)NCCc2ccc(OC)c(OC)c2)C1=O. The summed E-state index contributed by atoms with van der Waals surface area (Å²) in [5.41, 5.74) is 3.29. The third-order valence-electron chi connectivity index (χ3n) is 5.83. The number of amides is 2. The van der Waals surface area contributed by atoms with Crippen LogP contribution < -0.4 is 24.4 Å². The van der Waals surface area contributed by atoms with Crippen LogP contribution in [0.1, 0.15) is 23.9 Å². The summed E-state index contributed by atoms with van der Waals surface area (Å²) < 4.78 is 16.5. The molecule has 2 aromatic carbocycles. The number of nitrogens with one attached hydrogen (secondary N) is 1. The van der Waals surface area contributed by atoms with Crippen molar-refractivity contribution in [1.29, 1.82) is 0 Å². The van der Waals surface area contributed by atoms with Gasteiger partial charge in [-0.15, -0.1) is 11.3 Å². The Bertz CT molecular complexity index is 1230. The molecule has 9 heteroatoms. The number of thiazole rings is 1. The van der Waals surface area contributed by atoms with E-state index >= 15 is 0 Å². The van der Waals surface area contributed by atoms with E-state index in [2.05, 4.69) is 10.3 Å². The second kappa shape index (κ2) is 10.8. The number of nitrogens with zero attached hydrogens (tertiary/aromatic N) is 2. The highest BCUT2D eigenvalue weighted by Crippen LogP contribution is 2.38. The van der Waals surface area contributed by atoms with Gasteiger partial charge in [0.1, 0.15) is 12.3 Å². The molecule has 1 unspecified atom stereocenters. The average molecular weight is 496 g/mol. The molecule has 1 atom stereocenters. The van der Waals surface area contributed by atoms with Gasteiger partial charge in [-0.1, -0.05) is 13.0 Å². The second-order valence-electron chi connectivity index (χ2n) is 8.16. The number of aromatic nitrogens is 1. The molecule has 2 heterocycles. The van der Waals surface area contributed by atoms with Crippen molar-refractivity contribution in [3.8, 4) is 28.5 Å². The molecule has 184 valence electrons. The lowest BCUT2D eigenvalue weighted by Gasteiger charge is -2.34. The van der Waals surface area contributed by atoms with E-state index in [4.69, 9.17) is 14.2 Å². The normalized spacial score (nSPS) is 14.8. The minimum atomic E-state index is -0.616. The van der Waals surface area contributed by atoms with Crippen LogP contribution in [0.15, 0.2) is 41.8 Å². The Kier molecular flexibility index (Phi) is 7.55. The number of benzene rings is 2. The van der Waals surface area contributed by atoms with Crippen LogP contribution in [0.25, 0.3) is 11.3 Å². The van der Waals surface area contributed by atoms with Crippen molar-refractivity contribution in [3.63, 3.8) is 0 Å². The number of aryl methyl sites for hydroxylation is 1. The molecule has 1 aliphatic rings. The minimum absolute atomic E-state index is 0.0861. The van der Waals surface area contributed by atoms with Gasteiger partial charge in [0.05, 0.1) is 30.6 Å². The molecule has 4 rings (SSSR count). The van der Waals surface area contributed by atoms with E-state index in [0.717, 1.165) is 21.8 Å². The molecule has 0 saturated heterocycles. The minimum Gasteiger partial charge on any atom is -0.493 e. The summed E-state index contributed by atoms with van der Waals surface area (Å²) in [4.78, 5) is 32.0. The fourth-order valence-electron chi connectivity index (χ4n) is 3.98. The van der Waals surface area contributed by atoms with Gasteiger partial charge in [0.2, 0.25) is 5.91 Å². The van der Waals surface area contributed by atoms with Gasteiger partial charge in [0, 0.05) is 17.5 Å². The standard InChI is InChI=1S/C26H29N3O5S/c1-5-21-26(31)29(20-13-18(7-9-22(20)34-21)19-15-35-16(2)28-19)14-25(30)27-11-10-17-6-8-23(32-3)24(12-17)33-4/h6-9,12-13,15,21H,5,10-11,14H2,1-4H3,(H,27,30). The topological polar surface area (TPSA) is 90.0 Å². The first-order chi connectivity index (χ1) is 16.9. The van der Waals surface area contributed by atoms with Gasteiger partial charge in [-0.3, -0.25) is 14.5 Å². The summed E-state index contributed by atoms with van der Waals surface area (Å²) in [6.07, 6.45) is 0.516. The monoisotopic (exact) mass is 495 g/mol. The van der Waals surface area contributed by atoms with Gasteiger partial charge < -0.3 is 19.5 Å². The van der Waals surface area contributed by atoms with Crippen LogP contribution in [0.3, 0.4) is 0 Å². The van der Waals surface area contributed by atoms with Crippen LogP contribution in [0, 0.1) is 6.92 Å². The number of hydrogen-bond acceptors (Lipinski definition) is 7. The Labute approximate surface area is 208 Å². The van der Waals surface area contributed by atoms with E-state index in [0.29, 0.717) is 42.3 Å². The molecule has 0 bridgehead atoms. The van der Waals surface area contributed by atoms with Gasteiger partial charge >= 0.3 is 0 Å². The van der Waals surface area contributed by atoms with E-state index < -0.39 is 6.10 Å². The lowest BCUT2D eigenvalue weighted by Crippen LogP contribution is -2.49. The van der Waals surface area contributed by atoms with Crippen LogP contribution in [-0.4, -0.2) is 50.2 Å². The van der Waals surface area contributed by atoms with Crippen molar-refractivity contribution >= 4 is 28.8 Å². The maximum Gasteiger partial charge on any atom is 0.268 e. The highest BCUT2D eigenvalue weighted by molar-refractivity contribution is 7.09. The lowest BCUT2D eigenvalue weighted by atomic mass is 10.1. The zero-order valence-corrected chi connectivity index (χ0v) is 21.1. The van der Waals surface area contributed by atoms with Crippen molar-refractivity contribution in [3.05, 3.63) is 52.3 Å². The second-order valence-corrected chi connectivity index (χ2v) is 9.22. The van der Waals surface area contributed by atoms with Crippen LogP contribution in [0.5, 0.6) is 17.2 Å². The number of carbonyl (C=O) groups is 2. The maximum absolute atomic E-state index is 13.1. The summed E-state index contributed by atoms with van der Waals surface area (Å²) in [7, 11) is 3.18. The smallest absolute Gasteiger partial charge is 0.268 e. The van der Waals surface area contributed by atoms with Crippen molar-refractivity contribution < 1.29 is 23.8 Å². The van der Waals surface area contributed by atoms with Gasteiger partial charge in [-0.05, 0) is 55.7 Å². The van der Waals surface area contributed by atoms with Crippen molar-refractivity contribution in [2.75, 3.05) is 32.2 Å². The number of ether oxygens (including phenoxy) is 3. The quantitative estimate of drug-likeness (QED) is 0.483. The van der Waals surface area contributed by atoms with Gasteiger partial charge in [-0.25, -0.2) is 4.98 Å². The fourth-order valence-corrected chi connectivity index (χ4v) is 4.60. The summed E-state index contributed by atoms with van der Waals surface area (Å²) in [6, 6.07) is 11.3. The first kappa shape index (κ1) is 24.5. The van der Waals surface area contributed by atoms with Gasteiger partial charge in [0.25, 0.3) is 5.91 Å². The number of hydrogen-bond donors (Lipinski definition) is 1. The molecule has 35 heavy (non-hydrogen) atoms. The molecule has 0 spiro atoms. The lowest BCUT2D eigenvalue weighted by molar-refractivity contribution is -0.129. The van der Waals surface area contributed by atoms with Gasteiger partial charge in [-0.2, -0.15) is 0 Å². The Morgan fingerprint density at radius 1 is 1.17 bits per heavy atom. The fraction of sp³-hybridized carbons (Fsp3) is 0.346. The first-order valence-corrected chi connectivity index (χ1v) is 12.3. The van der Waals surface area contributed by atoms with Crippen molar-refractivity contribution in [1.82, 2.24) is 10.3 Å². The Morgan fingerprint density at radius 2 is 1.97 bits per heavy atom. The highest BCUT2D eigenvalue weighted by atomic mass is 32.1. The molecule has 2 amide bonds. The van der Waals surface area contributed by atoms with E-state index in [1.54, 1.807) is 25.6 Å². The number of methoxy groups -OCH3 is 2. The first-order valence-electron chi connectivity index (χ1n) is 11.5. The number of fused-ring (bicyclic) bond motifs is 1. The summed E-state index contributed by atoms with van der Waals surface area (Å²) in [5.74, 6) is 1.43. The molecular formula is C26H29N3O5S. The molecule has 1 N–H and O–H groups in total. The summed E-state index contributed by atoms with van der Waals surface area (Å²) in [5, 5.41) is 5.86. The highest BCUT2D eigenvalue weighted by Gasteiger charge is 2.34. The third kappa shape index (κ3) is 5.40. The summed E-state index contributed by atoms with van der Waals surface area (Å²) >= 11 is 1.56. The molecule has 0 aliphatic carbocycles. The van der Waals surface area contributed by atoms with Crippen LogP contribution >= 0.6 is 11.3 Å². The predicted molar refractivity (Wildman–Crippen MR) is 136 cm³/mol. The predicted octanol–water partition coefficient (Wildman–Crippen LogP) is 4.00. The molecule has 0 radical (unpaired) electrons. The number of carbonyl (C=O) groups excluding carboxylic acids is 2. The molecule has 1 aromatic heterocycles. The Morgan fingerprint density at radius 3 is 2.66 bits per heavy atom. The molecule has 3 aromatic rings. The van der Waals surface area contributed by atoms with E-state index in [9.17, 15) is 9.59 Å². The zero-order chi connectivity index (χ0) is 24.9. The Hall–Kier alpha value is -3.59.